The van der Waals surface area contributed by atoms with Gasteiger partial charge in [-0.15, -0.1) is 0 Å². The van der Waals surface area contributed by atoms with Gasteiger partial charge in [-0.1, -0.05) is 12.1 Å². The van der Waals surface area contributed by atoms with Gasteiger partial charge in [0, 0.05) is 6.04 Å². The number of amides is 1. The van der Waals surface area contributed by atoms with Crippen molar-refractivity contribution in [3.8, 4) is 0 Å². The van der Waals surface area contributed by atoms with Crippen LogP contribution in [-0.2, 0) is 15.7 Å². The van der Waals surface area contributed by atoms with Crippen molar-refractivity contribution in [2.45, 2.75) is 58.3 Å². The van der Waals surface area contributed by atoms with Gasteiger partial charge in [0.15, 0.2) is 0 Å². The molecule has 126 valence electrons. The van der Waals surface area contributed by atoms with E-state index >= 15 is 0 Å². The SMILES string of the molecule is CC(Cc1ccc(B2OC(C)(C)C(C)(C)O2)cc1F)NC(=O)O. The third kappa shape index (κ3) is 3.84. The Morgan fingerprint density at radius 2 is 1.87 bits per heavy atom. The molecule has 0 aliphatic carbocycles. The van der Waals surface area contributed by atoms with Crippen LogP contribution in [0.5, 0.6) is 0 Å². The topological polar surface area (TPSA) is 67.8 Å². The zero-order chi connectivity index (χ0) is 17.4. The summed E-state index contributed by atoms with van der Waals surface area (Å²) in [7, 11) is -0.613. The van der Waals surface area contributed by atoms with Crippen molar-refractivity contribution in [1.82, 2.24) is 5.32 Å². The highest BCUT2D eigenvalue weighted by Crippen LogP contribution is 2.36. The van der Waals surface area contributed by atoms with Crippen LogP contribution in [0.15, 0.2) is 18.2 Å². The molecule has 0 radical (unpaired) electrons. The number of carboxylic acid groups (broad SMARTS) is 1. The molecule has 1 unspecified atom stereocenters. The van der Waals surface area contributed by atoms with Crippen LogP contribution in [0.3, 0.4) is 0 Å². The molecule has 1 amide bonds. The van der Waals surface area contributed by atoms with E-state index in [9.17, 15) is 9.18 Å². The second-order valence-electron chi connectivity index (χ2n) is 6.99. The zero-order valence-electron chi connectivity index (χ0n) is 14.1. The zero-order valence-corrected chi connectivity index (χ0v) is 14.1. The van der Waals surface area contributed by atoms with Crippen molar-refractivity contribution in [2.75, 3.05) is 0 Å². The van der Waals surface area contributed by atoms with Crippen LogP contribution in [-0.4, -0.2) is 35.6 Å². The Balaban J connectivity index is 2.13. The highest BCUT2D eigenvalue weighted by molar-refractivity contribution is 6.62. The Hall–Kier alpha value is -1.60. The predicted molar refractivity (Wildman–Crippen MR) is 86.4 cm³/mol. The molecular formula is C16H23BFNO4. The quantitative estimate of drug-likeness (QED) is 0.835. The van der Waals surface area contributed by atoms with Gasteiger partial charge >= 0.3 is 13.2 Å². The Kier molecular flexibility index (Phi) is 4.73. The fraction of sp³-hybridized carbons (Fsp3) is 0.562. The summed E-state index contributed by atoms with van der Waals surface area (Å²) in [6, 6.07) is 4.43. The van der Waals surface area contributed by atoms with Crippen molar-refractivity contribution >= 4 is 18.7 Å². The number of carbonyl (C=O) groups is 1. The van der Waals surface area contributed by atoms with E-state index in [-0.39, 0.29) is 12.5 Å². The van der Waals surface area contributed by atoms with Crippen molar-refractivity contribution in [3.63, 3.8) is 0 Å². The van der Waals surface area contributed by atoms with Gasteiger partial charge in [-0.2, -0.15) is 0 Å². The fourth-order valence-corrected chi connectivity index (χ4v) is 2.45. The lowest BCUT2D eigenvalue weighted by Crippen LogP contribution is -2.41. The van der Waals surface area contributed by atoms with Crippen LogP contribution in [0.4, 0.5) is 9.18 Å². The van der Waals surface area contributed by atoms with Crippen molar-refractivity contribution in [2.24, 2.45) is 0 Å². The summed E-state index contributed by atoms with van der Waals surface area (Å²) in [6.07, 6.45) is -0.839. The van der Waals surface area contributed by atoms with Gasteiger partial charge in [-0.05, 0) is 58.1 Å². The lowest BCUT2D eigenvalue weighted by atomic mass is 9.78. The molecular weight excluding hydrogens is 300 g/mol. The molecule has 1 saturated heterocycles. The molecule has 1 aromatic carbocycles. The number of halogens is 1. The lowest BCUT2D eigenvalue weighted by molar-refractivity contribution is 0.00578. The maximum absolute atomic E-state index is 14.3. The minimum atomic E-state index is -1.12. The normalized spacial score (nSPS) is 20.3. The van der Waals surface area contributed by atoms with Crippen LogP contribution in [0.25, 0.3) is 0 Å². The van der Waals surface area contributed by atoms with Crippen LogP contribution >= 0.6 is 0 Å². The molecule has 1 atom stereocenters. The first-order valence-corrected chi connectivity index (χ1v) is 7.65. The predicted octanol–water partition coefficient (Wildman–Crippen LogP) is 2.32. The van der Waals surface area contributed by atoms with Crippen LogP contribution in [0.2, 0.25) is 0 Å². The Labute approximate surface area is 136 Å². The standard InChI is InChI=1S/C16H23BFNO4/c1-10(19-14(20)21)8-11-6-7-12(9-13(11)18)17-22-15(2,3)16(4,5)23-17/h6-7,9-10,19H,8H2,1-5H3,(H,20,21). The average Bonchev–Trinajstić information content (AvgIpc) is 2.60. The maximum Gasteiger partial charge on any atom is 0.494 e. The van der Waals surface area contributed by atoms with Crippen LogP contribution in [0, 0.1) is 5.82 Å². The number of rotatable bonds is 4. The van der Waals surface area contributed by atoms with Gasteiger partial charge in [0.2, 0.25) is 0 Å². The van der Waals surface area contributed by atoms with E-state index in [1.54, 1.807) is 19.1 Å². The third-order valence-corrected chi connectivity index (χ3v) is 4.50. The Bertz CT molecular complexity index is 590. The van der Waals surface area contributed by atoms with E-state index in [2.05, 4.69) is 5.32 Å². The van der Waals surface area contributed by atoms with Crippen LogP contribution in [0.1, 0.15) is 40.2 Å². The van der Waals surface area contributed by atoms with E-state index < -0.39 is 30.2 Å². The van der Waals surface area contributed by atoms with E-state index in [1.807, 2.05) is 27.7 Å². The van der Waals surface area contributed by atoms with E-state index in [0.717, 1.165) is 0 Å². The maximum atomic E-state index is 14.3. The lowest BCUT2D eigenvalue weighted by Gasteiger charge is -2.32. The molecule has 7 heteroatoms. The number of nitrogens with one attached hydrogen (secondary N) is 1. The van der Waals surface area contributed by atoms with Crippen molar-refractivity contribution in [3.05, 3.63) is 29.6 Å². The molecule has 0 bridgehead atoms. The molecule has 0 aromatic heterocycles. The summed E-state index contributed by atoms with van der Waals surface area (Å²) < 4.78 is 26.1. The summed E-state index contributed by atoms with van der Waals surface area (Å²) in [5.41, 5.74) is 0.106. The number of hydrogen-bond donors (Lipinski definition) is 2. The molecule has 1 fully saturated rings. The molecule has 1 aliphatic heterocycles. The summed E-state index contributed by atoms with van der Waals surface area (Å²) in [4.78, 5) is 10.6. The molecule has 5 nitrogen and oxygen atoms in total. The van der Waals surface area contributed by atoms with Gasteiger partial charge in [0.05, 0.1) is 11.2 Å². The summed E-state index contributed by atoms with van der Waals surface area (Å²) in [6.45, 7) is 9.46. The van der Waals surface area contributed by atoms with Crippen LogP contribution < -0.4 is 10.8 Å². The molecule has 2 rings (SSSR count). The van der Waals surface area contributed by atoms with E-state index in [1.165, 1.54) is 6.07 Å². The monoisotopic (exact) mass is 323 g/mol. The largest absolute Gasteiger partial charge is 0.494 e. The summed E-state index contributed by atoms with van der Waals surface area (Å²) >= 11 is 0. The smallest absolute Gasteiger partial charge is 0.465 e. The first kappa shape index (κ1) is 17.8. The first-order valence-electron chi connectivity index (χ1n) is 7.65. The minimum absolute atomic E-state index is 0.280. The highest BCUT2D eigenvalue weighted by Gasteiger charge is 2.51. The molecule has 2 N–H and O–H groups in total. The van der Waals surface area contributed by atoms with Gasteiger partial charge in [-0.25, -0.2) is 9.18 Å². The second-order valence-corrected chi connectivity index (χ2v) is 6.99. The average molecular weight is 323 g/mol. The fourth-order valence-electron chi connectivity index (χ4n) is 2.45. The molecule has 1 aromatic rings. The van der Waals surface area contributed by atoms with E-state index in [0.29, 0.717) is 11.0 Å². The molecule has 0 spiro atoms. The third-order valence-electron chi connectivity index (χ3n) is 4.50. The van der Waals surface area contributed by atoms with Gasteiger partial charge in [0.25, 0.3) is 0 Å². The van der Waals surface area contributed by atoms with E-state index in [4.69, 9.17) is 14.4 Å². The van der Waals surface area contributed by atoms with Gasteiger partial charge < -0.3 is 19.7 Å². The Morgan fingerprint density at radius 1 is 1.30 bits per heavy atom. The molecule has 23 heavy (non-hydrogen) atoms. The number of hydrogen-bond acceptors (Lipinski definition) is 3. The molecule has 0 saturated carbocycles. The van der Waals surface area contributed by atoms with Crippen molar-refractivity contribution in [1.29, 1.82) is 0 Å². The summed E-state index contributed by atoms with van der Waals surface area (Å²) in [5, 5.41) is 11.0. The van der Waals surface area contributed by atoms with Crippen molar-refractivity contribution < 1.29 is 23.6 Å². The second kappa shape index (κ2) is 6.13. The highest BCUT2D eigenvalue weighted by atomic mass is 19.1. The number of benzene rings is 1. The molecule has 1 heterocycles. The summed E-state index contributed by atoms with van der Waals surface area (Å²) in [5.74, 6) is -0.392. The Morgan fingerprint density at radius 3 is 2.35 bits per heavy atom. The minimum Gasteiger partial charge on any atom is -0.465 e. The van der Waals surface area contributed by atoms with Gasteiger partial charge in [-0.3, -0.25) is 0 Å². The van der Waals surface area contributed by atoms with Gasteiger partial charge in [0.1, 0.15) is 5.82 Å². The molecule has 1 aliphatic rings. The first-order chi connectivity index (χ1) is 10.5.